The molecule has 0 bridgehead atoms. The van der Waals surface area contributed by atoms with Crippen molar-refractivity contribution < 1.29 is 4.79 Å². The molecule has 0 saturated carbocycles. The number of carbonyl (C=O) groups is 1. The molecule has 0 unspecified atom stereocenters. The molecule has 0 atom stereocenters. The Hall–Kier alpha value is -0.440. The molecule has 0 heterocycles. The second kappa shape index (κ2) is 3.99. The molecule has 5 heteroatoms. The normalized spacial score (nSPS) is 9.58. The second-order valence-corrected chi connectivity index (χ2v) is 3.21. The number of benzene rings is 1. The summed E-state index contributed by atoms with van der Waals surface area (Å²) in [4.78, 5) is 10.1. The van der Waals surface area contributed by atoms with Crippen LogP contribution in [0.25, 0.3) is 0 Å². The van der Waals surface area contributed by atoms with Crippen LogP contribution in [-0.2, 0) is 4.79 Å². The summed E-state index contributed by atoms with van der Waals surface area (Å²) in [5, 5.41) is 3.32. The van der Waals surface area contributed by atoms with E-state index in [0.29, 0.717) is 22.1 Å². The molecule has 0 aliphatic rings. The molecule has 1 amide bonds. The molecule has 2 nitrogen and oxygen atoms in total. The van der Waals surface area contributed by atoms with Crippen molar-refractivity contribution in [2.75, 3.05) is 5.32 Å². The molecule has 64 valence electrons. The van der Waals surface area contributed by atoms with E-state index in [1.807, 2.05) is 0 Å². The van der Waals surface area contributed by atoms with Crippen molar-refractivity contribution in [3.63, 3.8) is 0 Å². The molecule has 1 rings (SSSR count). The van der Waals surface area contributed by atoms with Crippen LogP contribution in [0, 0.1) is 0 Å². The first kappa shape index (κ1) is 9.65. The van der Waals surface area contributed by atoms with Gasteiger partial charge in [0.25, 0.3) is 0 Å². The zero-order chi connectivity index (χ0) is 9.14. The first-order valence-electron chi connectivity index (χ1n) is 3.00. The topological polar surface area (TPSA) is 29.1 Å². The predicted molar refractivity (Wildman–Crippen MR) is 51.2 cm³/mol. The Kier molecular flexibility index (Phi) is 3.20. The molecule has 0 fully saturated rings. The maximum atomic E-state index is 10.1. The smallest absolute Gasteiger partial charge is 0.211 e. The number of halogens is 3. The summed E-state index contributed by atoms with van der Waals surface area (Å²) in [5.74, 6) is 0. The van der Waals surface area contributed by atoms with E-state index < -0.39 is 0 Å². The van der Waals surface area contributed by atoms with Crippen LogP contribution in [-0.4, -0.2) is 6.41 Å². The van der Waals surface area contributed by atoms with Crippen LogP contribution in [0.15, 0.2) is 12.1 Å². The van der Waals surface area contributed by atoms with Crippen LogP contribution in [0.4, 0.5) is 5.69 Å². The van der Waals surface area contributed by atoms with Gasteiger partial charge in [0.1, 0.15) is 0 Å². The van der Waals surface area contributed by atoms with Crippen molar-refractivity contribution in [1.82, 2.24) is 0 Å². The van der Waals surface area contributed by atoms with Gasteiger partial charge in [-0.05, 0) is 12.1 Å². The van der Waals surface area contributed by atoms with Crippen molar-refractivity contribution in [2.24, 2.45) is 0 Å². The molecule has 0 radical (unpaired) electrons. The molecule has 12 heavy (non-hydrogen) atoms. The number of anilines is 1. The van der Waals surface area contributed by atoms with Gasteiger partial charge in [-0.2, -0.15) is 0 Å². The van der Waals surface area contributed by atoms with Crippen LogP contribution in [0.1, 0.15) is 0 Å². The van der Waals surface area contributed by atoms with Crippen molar-refractivity contribution in [3.05, 3.63) is 27.2 Å². The zero-order valence-corrected chi connectivity index (χ0v) is 8.04. The van der Waals surface area contributed by atoms with Gasteiger partial charge in [0.05, 0.1) is 15.1 Å². The van der Waals surface area contributed by atoms with Crippen LogP contribution < -0.4 is 5.32 Å². The standard InChI is InChI=1S/C7H4Cl3NO/c8-5-1-4(11-3-12)2-6(9)7(5)10/h1-3H,(H,11,12). The molecular formula is C7H4Cl3NO. The largest absolute Gasteiger partial charge is 0.329 e. The van der Waals surface area contributed by atoms with Crippen LogP contribution in [0.3, 0.4) is 0 Å². The number of carbonyl (C=O) groups excluding carboxylic acids is 1. The second-order valence-electron chi connectivity index (χ2n) is 2.02. The maximum Gasteiger partial charge on any atom is 0.211 e. The minimum absolute atomic E-state index is 0.287. The third-order valence-corrected chi connectivity index (χ3v) is 2.41. The molecule has 1 N–H and O–H groups in total. The minimum atomic E-state index is 0.287. The molecule has 0 aliphatic carbocycles. The lowest BCUT2D eigenvalue weighted by atomic mass is 10.3. The van der Waals surface area contributed by atoms with Crippen molar-refractivity contribution in [1.29, 1.82) is 0 Å². The molecule has 0 saturated heterocycles. The average molecular weight is 224 g/mol. The monoisotopic (exact) mass is 223 g/mol. The van der Waals surface area contributed by atoms with Gasteiger partial charge in [-0.15, -0.1) is 0 Å². The molecule has 1 aromatic rings. The summed E-state index contributed by atoms with van der Waals surface area (Å²) < 4.78 is 0. The van der Waals surface area contributed by atoms with Gasteiger partial charge in [-0.3, -0.25) is 4.79 Å². The summed E-state index contributed by atoms with van der Waals surface area (Å²) in [6.07, 6.45) is 0.538. The lowest BCUT2D eigenvalue weighted by molar-refractivity contribution is -0.105. The number of hydrogen-bond acceptors (Lipinski definition) is 1. The summed E-state index contributed by atoms with van der Waals surface area (Å²) in [6.45, 7) is 0. The van der Waals surface area contributed by atoms with Gasteiger partial charge in [-0.1, -0.05) is 34.8 Å². The molecule has 0 spiro atoms. The summed E-state index contributed by atoms with van der Waals surface area (Å²) >= 11 is 17.0. The number of nitrogens with one attached hydrogen (secondary N) is 1. The molecule has 0 aliphatic heterocycles. The fraction of sp³-hybridized carbons (Fsp3) is 0. The van der Waals surface area contributed by atoms with E-state index in [4.69, 9.17) is 34.8 Å². The van der Waals surface area contributed by atoms with Gasteiger partial charge < -0.3 is 5.32 Å². The fourth-order valence-electron chi connectivity index (χ4n) is 0.707. The maximum absolute atomic E-state index is 10.1. The van der Waals surface area contributed by atoms with E-state index in [1.54, 1.807) is 0 Å². The highest BCUT2D eigenvalue weighted by Crippen LogP contribution is 2.32. The van der Waals surface area contributed by atoms with Gasteiger partial charge in [0, 0.05) is 5.69 Å². The van der Waals surface area contributed by atoms with Crippen LogP contribution >= 0.6 is 34.8 Å². The summed E-state index contributed by atoms with van der Waals surface area (Å²) in [5.41, 5.74) is 0.518. The lowest BCUT2D eigenvalue weighted by Gasteiger charge is -2.02. The van der Waals surface area contributed by atoms with Gasteiger partial charge in [-0.25, -0.2) is 0 Å². The molecule has 0 aromatic heterocycles. The third kappa shape index (κ3) is 2.03. The van der Waals surface area contributed by atoms with E-state index >= 15 is 0 Å². The zero-order valence-electron chi connectivity index (χ0n) is 5.77. The quantitative estimate of drug-likeness (QED) is 0.606. The molecule has 1 aromatic carbocycles. The van der Waals surface area contributed by atoms with Gasteiger partial charge in [0.15, 0.2) is 0 Å². The van der Waals surface area contributed by atoms with Gasteiger partial charge >= 0.3 is 0 Å². The highest BCUT2D eigenvalue weighted by molar-refractivity contribution is 6.48. The first-order valence-corrected chi connectivity index (χ1v) is 4.13. The van der Waals surface area contributed by atoms with E-state index in [0.717, 1.165) is 0 Å². The number of rotatable bonds is 2. The summed E-state index contributed by atoms with van der Waals surface area (Å²) in [6, 6.07) is 3.04. The number of amides is 1. The minimum Gasteiger partial charge on any atom is -0.329 e. The Labute approximate surface area is 84.4 Å². The molecular weight excluding hydrogens is 220 g/mol. The summed E-state index contributed by atoms with van der Waals surface area (Å²) in [7, 11) is 0. The third-order valence-electron chi connectivity index (χ3n) is 1.21. The SMILES string of the molecule is O=CNc1cc(Cl)c(Cl)c(Cl)c1. The Morgan fingerprint density at radius 3 is 2.08 bits per heavy atom. The van der Waals surface area contributed by atoms with E-state index in [-0.39, 0.29) is 5.02 Å². The van der Waals surface area contributed by atoms with Crippen molar-refractivity contribution in [3.8, 4) is 0 Å². The highest BCUT2D eigenvalue weighted by atomic mass is 35.5. The Morgan fingerprint density at radius 1 is 1.17 bits per heavy atom. The van der Waals surface area contributed by atoms with Crippen LogP contribution in [0.2, 0.25) is 15.1 Å². The van der Waals surface area contributed by atoms with E-state index in [9.17, 15) is 4.79 Å². The fourth-order valence-corrected chi connectivity index (χ4v) is 1.30. The Bertz CT molecular complexity index is 291. The average Bonchev–Trinajstić information content (AvgIpc) is 2.01. The Morgan fingerprint density at radius 2 is 1.67 bits per heavy atom. The van der Waals surface area contributed by atoms with E-state index in [2.05, 4.69) is 5.32 Å². The van der Waals surface area contributed by atoms with Crippen molar-refractivity contribution in [2.45, 2.75) is 0 Å². The Balaban J connectivity index is 3.11. The lowest BCUT2D eigenvalue weighted by Crippen LogP contribution is -1.93. The predicted octanol–water partition coefficient (Wildman–Crippen LogP) is 3.22. The van der Waals surface area contributed by atoms with Gasteiger partial charge in [0.2, 0.25) is 6.41 Å². The number of hydrogen-bond donors (Lipinski definition) is 1. The van der Waals surface area contributed by atoms with Crippen molar-refractivity contribution >= 4 is 46.9 Å². The highest BCUT2D eigenvalue weighted by Gasteiger charge is 2.04. The van der Waals surface area contributed by atoms with Crippen LogP contribution in [0.5, 0.6) is 0 Å². The van der Waals surface area contributed by atoms with E-state index in [1.165, 1.54) is 12.1 Å². The first-order chi connectivity index (χ1) is 5.65.